The Bertz CT molecular complexity index is 772. The highest BCUT2D eigenvalue weighted by atomic mass is 32.2. The van der Waals surface area contributed by atoms with Crippen molar-refractivity contribution in [3.63, 3.8) is 0 Å². The number of rotatable bonds is 7. The van der Waals surface area contributed by atoms with Gasteiger partial charge >= 0.3 is 12.0 Å². The van der Waals surface area contributed by atoms with Crippen LogP contribution in [0.5, 0.6) is 5.75 Å². The predicted octanol–water partition coefficient (Wildman–Crippen LogP) is 0.910. The number of thioether (sulfide) groups is 1. The lowest BCUT2D eigenvalue weighted by molar-refractivity contribution is -0.137. The zero-order valence-corrected chi connectivity index (χ0v) is 16.5. The molecule has 2 heterocycles. The number of urea groups is 1. The lowest BCUT2D eigenvalue weighted by Crippen LogP contribution is -2.63. The molecule has 2 unspecified atom stereocenters. The first kappa shape index (κ1) is 20.0. The van der Waals surface area contributed by atoms with E-state index in [1.54, 1.807) is 7.05 Å². The number of benzene rings is 1. The van der Waals surface area contributed by atoms with Crippen molar-refractivity contribution in [1.82, 2.24) is 15.1 Å². The molecule has 1 aromatic rings. The van der Waals surface area contributed by atoms with Gasteiger partial charge in [0, 0.05) is 13.6 Å². The van der Waals surface area contributed by atoms with Gasteiger partial charge in [-0.25, -0.2) is 9.79 Å². The second kappa shape index (κ2) is 8.96. The van der Waals surface area contributed by atoms with E-state index in [1.807, 2.05) is 35.2 Å². The summed E-state index contributed by atoms with van der Waals surface area (Å²) in [7, 11) is 2.91. The van der Waals surface area contributed by atoms with Crippen molar-refractivity contribution in [2.75, 3.05) is 33.1 Å². The summed E-state index contributed by atoms with van der Waals surface area (Å²) in [5, 5.41) is 2.88. The molecule has 1 saturated heterocycles. The number of esters is 1. The quantitative estimate of drug-likeness (QED) is 0.531. The molecule has 1 N–H and O–H groups in total. The van der Waals surface area contributed by atoms with Crippen LogP contribution in [0, 0.1) is 0 Å². The Morgan fingerprint density at radius 3 is 2.75 bits per heavy atom. The number of carbonyl (C=O) groups excluding carboxylic acids is 3. The minimum Gasteiger partial charge on any atom is -0.494 e. The maximum Gasteiger partial charge on any atom is 0.325 e. The van der Waals surface area contributed by atoms with Gasteiger partial charge in [0.25, 0.3) is 5.91 Å². The zero-order valence-electron chi connectivity index (χ0n) is 15.7. The predicted molar refractivity (Wildman–Crippen MR) is 104 cm³/mol. The summed E-state index contributed by atoms with van der Waals surface area (Å²) < 4.78 is 10.4. The molecule has 0 saturated carbocycles. The van der Waals surface area contributed by atoms with Crippen LogP contribution in [0.25, 0.3) is 0 Å². The number of hydrogen-bond acceptors (Lipinski definition) is 8. The number of fused-ring (bicyclic) bond motifs is 1. The first-order chi connectivity index (χ1) is 13.5. The number of methoxy groups -OCH3 is 1. The van der Waals surface area contributed by atoms with E-state index < -0.39 is 24.1 Å². The topological polar surface area (TPSA) is 101 Å². The largest absolute Gasteiger partial charge is 0.494 e. The van der Waals surface area contributed by atoms with Crippen LogP contribution in [0.3, 0.4) is 0 Å². The average molecular weight is 406 g/mol. The maximum absolute atomic E-state index is 12.4. The van der Waals surface area contributed by atoms with E-state index in [4.69, 9.17) is 4.74 Å². The normalized spacial score (nSPS) is 21.1. The molecule has 0 spiro atoms. The molecule has 9 nitrogen and oxygen atoms in total. The number of para-hydroxylation sites is 1. The van der Waals surface area contributed by atoms with E-state index in [0.717, 1.165) is 5.75 Å². The Morgan fingerprint density at radius 1 is 1.29 bits per heavy atom. The third-order valence-corrected chi connectivity index (χ3v) is 5.40. The Labute approximate surface area is 167 Å². The summed E-state index contributed by atoms with van der Waals surface area (Å²) >= 11 is 1.19. The Kier molecular flexibility index (Phi) is 6.40. The van der Waals surface area contributed by atoms with Crippen LogP contribution in [0.4, 0.5) is 4.79 Å². The van der Waals surface area contributed by atoms with Gasteiger partial charge < -0.3 is 19.3 Å². The molecule has 150 valence electrons. The second-order valence-electron chi connectivity index (χ2n) is 6.25. The van der Waals surface area contributed by atoms with Gasteiger partial charge in [-0.15, -0.1) is 0 Å². The molecule has 3 amide bonds. The number of ether oxygens (including phenoxy) is 2. The average Bonchev–Trinajstić information content (AvgIpc) is 3.07. The van der Waals surface area contributed by atoms with Crippen LogP contribution < -0.4 is 10.1 Å². The van der Waals surface area contributed by atoms with Crippen molar-refractivity contribution >= 4 is 34.8 Å². The van der Waals surface area contributed by atoms with E-state index in [-0.39, 0.29) is 11.7 Å². The van der Waals surface area contributed by atoms with E-state index in [0.29, 0.717) is 24.7 Å². The summed E-state index contributed by atoms with van der Waals surface area (Å²) in [5.74, 6) is 0.0697. The van der Waals surface area contributed by atoms with Crippen LogP contribution >= 0.6 is 11.8 Å². The standard InChI is InChI=1S/C18H22N4O5S/c1-21-15-14(16(24)20-17(21)25)22(18(19-15)28-11-13(23)26-2)9-6-10-27-12-7-4-3-5-8-12/h3-5,7-8,14-15H,6,9-11H2,1-2H3,(H,20,24,25). The summed E-state index contributed by atoms with van der Waals surface area (Å²) in [6.45, 7) is 0.958. The van der Waals surface area contributed by atoms with Crippen molar-refractivity contribution in [2.24, 2.45) is 4.99 Å². The summed E-state index contributed by atoms with van der Waals surface area (Å²) in [4.78, 5) is 43.6. The van der Waals surface area contributed by atoms with Crippen molar-refractivity contribution in [3.05, 3.63) is 30.3 Å². The fraction of sp³-hybridized carbons (Fsp3) is 0.444. The molecule has 0 aliphatic carbocycles. The summed E-state index contributed by atoms with van der Waals surface area (Å²) in [6.07, 6.45) is 0.0253. The number of amidine groups is 1. The van der Waals surface area contributed by atoms with E-state index >= 15 is 0 Å². The number of likely N-dealkylation sites (N-methyl/N-ethyl adjacent to an activating group) is 1. The van der Waals surface area contributed by atoms with Gasteiger partial charge in [-0.3, -0.25) is 14.9 Å². The van der Waals surface area contributed by atoms with Gasteiger partial charge in [0.1, 0.15) is 5.75 Å². The molecule has 0 radical (unpaired) electrons. The van der Waals surface area contributed by atoms with Crippen LogP contribution in [0.1, 0.15) is 6.42 Å². The third kappa shape index (κ3) is 4.38. The minimum atomic E-state index is -0.625. The molecular formula is C18H22N4O5S. The van der Waals surface area contributed by atoms with Crippen molar-refractivity contribution in [2.45, 2.75) is 18.6 Å². The lowest BCUT2D eigenvalue weighted by Gasteiger charge is -2.36. The van der Waals surface area contributed by atoms with Crippen molar-refractivity contribution in [1.29, 1.82) is 0 Å². The number of nitrogens with zero attached hydrogens (tertiary/aromatic N) is 3. The van der Waals surface area contributed by atoms with Gasteiger partial charge in [0.15, 0.2) is 17.4 Å². The van der Waals surface area contributed by atoms with E-state index in [2.05, 4.69) is 15.0 Å². The fourth-order valence-corrected chi connectivity index (χ4v) is 3.90. The van der Waals surface area contributed by atoms with E-state index in [1.165, 1.54) is 23.8 Å². The molecule has 0 bridgehead atoms. The number of imide groups is 1. The Balaban J connectivity index is 1.65. The molecule has 2 aliphatic heterocycles. The smallest absolute Gasteiger partial charge is 0.325 e. The number of amides is 3. The van der Waals surface area contributed by atoms with Gasteiger partial charge in [0.2, 0.25) is 0 Å². The highest BCUT2D eigenvalue weighted by Gasteiger charge is 2.48. The first-order valence-corrected chi connectivity index (χ1v) is 9.79. The molecule has 28 heavy (non-hydrogen) atoms. The number of carbonyl (C=O) groups is 3. The van der Waals surface area contributed by atoms with Crippen LogP contribution in [-0.2, 0) is 14.3 Å². The minimum absolute atomic E-state index is 0.0745. The number of nitrogens with one attached hydrogen (secondary N) is 1. The highest BCUT2D eigenvalue weighted by Crippen LogP contribution is 2.28. The Morgan fingerprint density at radius 2 is 2.04 bits per heavy atom. The monoisotopic (exact) mass is 406 g/mol. The van der Waals surface area contributed by atoms with Crippen molar-refractivity contribution in [3.8, 4) is 5.75 Å². The van der Waals surface area contributed by atoms with Crippen LogP contribution in [0.15, 0.2) is 35.3 Å². The van der Waals surface area contributed by atoms with Crippen molar-refractivity contribution < 1.29 is 23.9 Å². The Hall–Kier alpha value is -2.75. The summed E-state index contributed by atoms with van der Waals surface area (Å²) in [5.41, 5.74) is 0. The van der Waals surface area contributed by atoms with E-state index in [9.17, 15) is 14.4 Å². The molecule has 1 fully saturated rings. The molecule has 3 rings (SSSR count). The fourth-order valence-electron chi connectivity index (χ4n) is 2.98. The van der Waals surface area contributed by atoms with Gasteiger partial charge in [-0.1, -0.05) is 30.0 Å². The highest BCUT2D eigenvalue weighted by molar-refractivity contribution is 8.14. The SMILES string of the molecule is COC(=O)CSC1=NC2C(C(=O)NC(=O)N2C)N1CCCOc1ccccc1. The molecule has 1 aromatic carbocycles. The van der Waals surface area contributed by atoms with Gasteiger partial charge in [-0.05, 0) is 18.6 Å². The summed E-state index contributed by atoms with van der Waals surface area (Å²) in [6, 6.07) is 8.35. The number of hydrogen-bond donors (Lipinski definition) is 1. The molecular weight excluding hydrogens is 384 g/mol. The molecule has 2 atom stereocenters. The number of aliphatic imine (C=N–C) groups is 1. The molecule has 2 aliphatic rings. The van der Waals surface area contributed by atoms with Crippen LogP contribution in [0.2, 0.25) is 0 Å². The van der Waals surface area contributed by atoms with Gasteiger partial charge in [-0.2, -0.15) is 0 Å². The lowest BCUT2D eigenvalue weighted by atomic mass is 10.1. The maximum atomic E-state index is 12.4. The molecule has 10 heteroatoms. The van der Waals surface area contributed by atoms with Crippen LogP contribution in [-0.4, -0.2) is 78.1 Å². The second-order valence-corrected chi connectivity index (χ2v) is 7.19. The molecule has 0 aromatic heterocycles. The van der Waals surface area contributed by atoms with Gasteiger partial charge in [0.05, 0.1) is 19.5 Å². The zero-order chi connectivity index (χ0) is 20.1. The third-order valence-electron chi connectivity index (χ3n) is 4.42. The first-order valence-electron chi connectivity index (χ1n) is 8.81.